The molecule has 0 radical (unpaired) electrons. The molecule has 0 spiro atoms. The van der Waals surface area contributed by atoms with E-state index >= 15 is 0 Å². The Morgan fingerprint density at radius 1 is 1.00 bits per heavy atom. The average molecular weight is 549 g/mol. The predicted molar refractivity (Wildman–Crippen MR) is 136 cm³/mol. The van der Waals surface area contributed by atoms with Crippen LogP contribution in [0.25, 0.3) is 11.3 Å². The molecule has 2 aromatic heterocycles. The molecule has 0 fully saturated rings. The van der Waals surface area contributed by atoms with Crippen LogP contribution in [0.4, 0.5) is 24.8 Å². The number of methoxy groups -OCH3 is 1. The van der Waals surface area contributed by atoms with Gasteiger partial charge >= 0.3 is 12.1 Å². The fraction of sp³-hybridized carbons (Fsp3) is 0.346. The van der Waals surface area contributed by atoms with Gasteiger partial charge in [0.05, 0.1) is 18.4 Å². The van der Waals surface area contributed by atoms with Crippen molar-refractivity contribution in [3.8, 4) is 11.3 Å². The van der Waals surface area contributed by atoms with Gasteiger partial charge in [-0.05, 0) is 49.1 Å². The zero-order chi connectivity index (χ0) is 27.3. The number of sulfonamides is 1. The van der Waals surface area contributed by atoms with E-state index in [0.717, 1.165) is 31.4 Å². The highest BCUT2D eigenvalue weighted by Crippen LogP contribution is 2.38. The largest absolute Gasteiger partial charge is 0.468 e. The predicted octanol–water partition coefficient (Wildman–Crippen LogP) is 5.06. The first-order chi connectivity index (χ1) is 18.1. The Hall–Kier alpha value is -3.67. The minimum absolute atomic E-state index is 0.113. The monoisotopic (exact) mass is 548 g/mol. The number of rotatable bonds is 2. The number of benzene rings is 1. The summed E-state index contributed by atoms with van der Waals surface area (Å²) in [5.74, 6) is -0.510. The number of anilines is 2. The van der Waals surface area contributed by atoms with Gasteiger partial charge in [-0.25, -0.2) is 9.97 Å². The molecule has 0 atom stereocenters. The van der Waals surface area contributed by atoms with E-state index in [2.05, 4.69) is 14.7 Å². The normalized spacial score (nSPS) is 16.1. The molecule has 0 unspecified atom stereocenters. The number of ether oxygens (including phenoxy) is 1. The van der Waals surface area contributed by atoms with Crippen molar-refractivity contribution >= 4 is 27.6 Å². The first-order valence-corrected chi connectivity index (χ1v) is 13.5. The fourth-order valence-corrected chi connectivity index (χ4v) is 5.27. The highest BCUT2D eigenvalue weighted by atomic mass is 32.2. The summed E-state index contributed by atoms with van der Waals surface area (Å²) < 4.78 is 75.2. The van der Waals surface area contributed by atoms with Gasteiger partial charge in [0.2, 0.25) is 0 Å². The summed E-state index contributed by atoms with van der Waals surface area (Å²) in [7, 11) is -3.05. The molecule has 4 rings (SSSR count). The van der Waals surface area contributed by atoms with Crippen LogP contribution in [0.5, 0.6) is 0 Å². The summed E-state index contributed by atoms with van der Waals surface area (Å²) in [5.41, 5.74) is -0.307. The van der Waals surface area contributed by atoms with Crippen molar-refractivity contribution < 1.29 is 31.1 Å². The van der Waals surface area contributed by atoms with Gasteiger partial charge in [-0.2, -0.15) is 21.6 Å². The molecule has 1 aromatic carbocycles. The first kappa shape index (κ1) is 27.4. The second-order valence-electron chi connectivity index (χ2n) is 8.85. The van der Waals surface area contributed by atoms with Crippen molar-refractivity contribution in [1.82, 2.24) is 9.97 Å². The molecule has 4 bridgehead atoms. The first-order valence-electron chi connectivity index (χ1n) is 12.1. The molecular weight excluding hydrogens is 521 g/mol. The van der Waals surface area contributed by atoms with E-state index < -0.39 is 27.7 Å². The lowest BCUT2D eigenvalue weighted by atomic mass is 9.96. The second kappa shape index (κ2) is 11.4. The van der Waals surface area contributed by atoms with Crippen LogP contribution >= 0.6 is 0 Å². The highest BCUT2D eigenvalue weighted by Gasteiger charge is 2.35. The van der Waals surface area contributed by atoms with Gasteiger partial charge in [-0.15, -0.1) is 0 Å². The maximum Gasteiger partial charge on any atom is 0.418 e. The zero-order valence-electron chi connectivity index (χ0n) is 20.7. The van der Waals surface area contributed by atoms with Gasteiger partial charge in [0.15, 0.2) is 5.03 Å². The Bertz CT molecular complexity index is 1410. The minimum Gasteiger partial charge on any atom is -0.468 e. The molecule has 38 heavy (non-hydrogen) atoms. The van der Waals surface area contributed by atoms with Crippen molar-refractivity contribution in [3.05, 3.63) is 65.7 Å². The van der Waals surface area contributed by atoms with Crippen LogP contribution in [0.15, 0.2) is 59.6 Å². The molecule has 3 aromatic rings. The molecule has 1 aliphatic heterocycles. The molecular formula is C26H27F3N4O4S. The zero-order valence-corrected chi connectivity index (χ0v) is 21.5. The molecule has 202 valence electrons. The molecule has 0 amide bonds. The molecule has 0 aliphatic carbocycles. The molecule has 8 nitrogen and oxygen atoms in total. The van der Waals surface area contributed by atoms with Gasteiger partial charge < -0.3 is 9.64 Å². The number of nitrogens with one attached hydrogen (secondary N) is 1. The molecule has 0 saturated carbocycles. The van der Waals surface area contributed by atoms with Crippen molar-refractivity contribution in [3.63, 3.8) is 0 Å². The third-order valence-corrected chi connectivity index (χ3v) is 7.45. The number of aryl methyl sites for hydroxylation is 1. The Balaban J connectivity index is 1.81. The van der Waals surface area contributed by atoms with E-state index in [1.807, 2.05) is 0 Å². The third kappa shape index (κ3) is 6.42. The van der Waals surface area contributed by atoms with Crippen LogP contribution in [0.3, 0.4) is 0 Å². The number of fused-ring (bicyclic) bond motifs is 6. The molecule has 12 heteroatoms. The molecule has 1 aliphatic rings. The summed E-state index contributed by atoms with van der Waals surface area (Å²) in [6, 6.07) is 12.8. The lowest BCUT2D eigenvalue weighted by Crippen LogP contribution is -2.32. The Morgan fingerprint density at radius 3 is 2.53 bits per heavy atom. The lowest BCUT2D eigenvalue weighted by molar-refractivity contribution is -0.139. The van der Waals surface area contributed by atoms with Crippen molar-refractivity contribution in [2.75, 3.05) is 29.8 Å². The van der Waals surface area contributed by atoms with Gasteiger partial charge in [-0.1, -0.05) is 43.2 Å². The number of hydrogen-bond acceptors (Lipinski definition) is 7. The van der Waals surface area contributed by atoms with E-state index in [-0.39, 0.29) is 28.9 Å². The maximum atomic E-state index is 13.9. The van der Waals surface area contributed by atoms with Crippen molar-refractivity contribution in [2.24, 2.45) is 0 Å². The molecule has 3 heterocycles. The highest BCUT2D eigenvalue weighted by molar-refractivity contribution is 7.92. The average Bonchev–Trinajstić information content (AvgIpc) is 2.88. The van der Waals surface area contributed by atoms with Gasteiger partial charge in [0, 0.05) is 12.1 Å². The van der Waals surface area contributed by atoms with E-state index in [1.165, 1.54) is 19.2 Å². The summed E-state index contributed by atoms with van der Waals surface area (Å²) in [6.07, 6.45) is -1.14. The number of halogens is 3. The summed E-state index contributed by atoms with van der Waals surface area (Å²) in [5, 5.41) is -0.363. The van der Waals surface area contributed by atoms with E-state index in [0.29, 0.717) is 30.5 Å². The number of alkyl halides is 3. The number of nitrogens with zero attached hydrogens (tertiary/aromatic N) is 3. The van der Waals surface area contributed by atoms with E-state index in [4.69, 9.17) is 4.74 Å². The summed E-state index contributed by atoms with van der Waals surface area (Å²) in [4.78, 5) is 22.0. The van der Waals surface area contributed by atoms with Crippen molar-refractivity contribution in [1.29, 1.82) is 0 Å². The van der Waals surface area contributed by atoms with Gasteiger partial charge in [-0.3, -0.25) is 9.52 Å². The Kier molecular flexibility index (Phi) is 8.20. The standard InChI is InChI=1S/C26H27F3N4O4S/c1-37-24(34)17-33-16-7-3-2-4-9-18-10-5-6-11-19(18)25-20(26(27,28)29)14-15-21(30-25)32-38(35,36)23-13-8-12-22(33)31-23/h5-6,8,10-15H,2-4,7,9,16-17H2,1H3,(H,30,32). The SMILES string of the molecule is COC(=O)CN1CCCCCCc2ccccc2-c2nc(ccc2C(F)(F)F)NS(=O)(=O)c2cccc1n2. The second-order valence-corrected chi connectivity index (χ2v) is 10.5. The van der Waals surface area contributed by atoms with Crippen LogP contribution in [0.1, 0.15) is 36.8 Å². The van der Waals surface area contributed by atoms with Crippen LogP contribution in [0.2, 0.25) is 0 Å². The van der Waals surface area contributed by atoms with Crippen molar-refractivity contribution in [2.45, 2.75) is 43.3 Å². The minimum atomic E-state index is -4.69. The number of pyridine rings is 2. The van der Waals surface area contributed by atoms with Crippen LogP contribution in [-0.2, 0) is 32.2 Å². The lowest BCUT2D eigenvalue weighted by Gasteiger charge is -2.23. The topological polar surface area (TPSA) is 101 Å². The van der Waals surface area contributed by atoms with Gasteiger partial charge in [0.25, 0.3) is 10.0 Å². The number of carbonyl (C=O) groups excluding carboxylic acids is 1. The van der Waals surface area contributed by atoms with Gasteiger partial charge in [0.1, 0.15) is 18.2 Å². The fourth-order valence-electron chi connectivity index (χ4n) is 4.31. The Labute approximate surface area is 218 Å². The number of carbonyl (C=O) groups is 1. The Morgan fingerprint density at radius 2 is 1.76 bits per heavy atom. The molecule has 0 saturated heterocycles. The van der Waals surface area contributed by atoms with Crippen LogP contribution in [-0.4, -0.2) is 44.6 Å². The van der Waals surface area contributed by atoms with E-state index in [9.17, 15) is 26.4 Å². The van der Waals surface area contributed by atoms with Crippen LogP contribution in [0, 0.1) is 0 Å². The third-order valence-electron chi connectivity index (χ3n) is 6.19. The number of aromatic nitrogens is 2. The summed E-state index contributed by atoms with van der Waals surface area (Å²) >= 11 is 0. The summed E-state index contributed by atoms with van der Waals surface area (Å²) in [6.45, 7) is 0.324. The smallest absolute Gasteiger partial charge is 0.418 e. The van der Waals surface area contributed by atoms with Crippen LogP contribution < -0.4 is 9.62 Å². The number of hydrogen-bond donors (Lipinski definition) is 1. The number of esters is 1. The molecule has 1 N–H and O–H groups in total. The quantitative estimate of drug-likeness (QED) is 0.447. The maximum absolute atomic E-state index is 13.9. The van der Waals surface area contributed by atoms with E-state index in [1.54, 1.807) is 35.2 Å².